The maximum atomic E-state index is 13.3. The molecule has 2 unspecified atom stereocenters. The van der Waals surface area contributed by atoms with Gasteiger partial charge in [0.1, 0.15) is 19.0 Å². The summed E-state index contributed by atoms with van der Waals surface area (Å²) < 4.78 is 5.40. The summed E-state index contributed by atoms with van der Waals surface area (Å²) in [7, 11) is 0. The number of thiophene rings is 1. The zero-order valence-electron chi connectivity index (χ0n) is 16.4. The Kier molecular flexibility index (Phi) is 5.89. The molecule has 7 heteroatoms. The van der Waals surface area contributed by atoms with Gasteiger partial charge in [-0.25, -0.2) is 0 Å². The Bertz CT molecular complexity index is 888. The molecule has 1 aromatic heterocycles. The minimum atomic E-state index is -0.983. The van der Waals surface area contributed by atoms with Crippen LogP contribution in [0.5, 0.6) is 0 Å². The number of carbonyl (C=O) groups is 3. The topological polar surface area (TPSA) is 68.1 Å². The van der Waals surface area contributed by atoms with E-state index in [9.17, 15) is 14.4 Å². The summed E-state index contributed by atoms with van der Waals surface area (Å²) in [6.07, 6.45) is 0. The van der Waals surface area contributed by atoms with Crippen LogP contribution < -0.4 is 4.90 Å². The smallest absolute Gasteiger partial charge is 0.291 e. The van der Waals surface area contributed by atoms with E-state index in [-0.39, 0.29) is 5.78 Å². The molecule has 0 saturated carbocycles. The van der Waals surface area contributed by atoms with Crippen LogP contribution in [0, 0.1) is 12.8 Å². The Balaban J connectivity index is 1.61. The zero-order valence-corrected chi connectivity index (χ0v) is 17.2. The Morgan fingerprint density at radius 2 is 1.90 bits per heavy atom. The van der Waals surface area contributed by atoms with Crippen LogP contribution in [0.1, 0.15) is 26.8 Å². The molecule has 4 rings (SSSR count). The molecule has 2 saturated heterocycles. The molecule has 1 aromatic carbocycles. The van der Waals surface area contributed by atoms with Gasteiger partial charge in [-0.05, 0) is 18.4 Å². The highest BCUT2D eigenvalue weighted by molar-refractivity contribution is 7.10. The average molecular weight is 414 g/mol. The van der Waals surface area contributed by atoms with Crippen molar-refractivity contribution in [3.63, 3.8) is 0 Å². The lowest BCUT2D eigenvalue weighted by atomic mass is 9.89. The van der Waals surface area contributed by atoms with E-state index >= 15 is 0 Å². The van der Waals surface area contributed by atoms with Gasteiger partial charge >= 0.3 is 0 Å². The van der Waals surface area contributed by atoms with E-state index in [1.807, 2.05) is 36.6 Å². The third-order valence-corrected chi connectivity index (χ3v) is 6.71. The molecule has 2 aliphatic heterocycles. The average Bonchev–Trinajstić information content (AvgIpc) is 3.35. The lowest BCUT2D eigenvalue weighted by Gasteiger charge is -2.29. The van der Waals surface area contributed by atoms with Crippen LogP contribution in [0.4, 0.5) is 0 Å². The van der Waals surface area contributed by atoms with E-state index in [1.165, 1.54) is 16.2 Å². The van der Waals surface area contributed by atoms with Gasteiger partial charge < -0.3 is 14.5 Å². The number of rotatable bonds is 6. The Hall–Kier alpha value is -2.35. The summed E-state index contributed by atoms with van der Waals surface area (Å²) in [5.74, 6) is -2.39. The van der Waals surface area contributed by atoms with Crippen LogP contribution in [0.2, 0.25) is 0 Å². The minimum Gasteiger partial charge on any atom is -0.370 e. The van der Waals surface area contributed by atoms with Gasteiger partial charge in [-0.1, -0.05) is 35.9 Å². The molecule has 2 aliphatic rings. The number of aryl methyl sites for hydroxylation is 1. The monoisotopic (exact) mass is 413 g/mol. The molecule has 0 spiro atoms. The van der Waals surface area contributed by atoms with Gasteiger partial charge in [0.25, 0.3) is 5.91 Å². The van der Waals surface area contributed by atoms with E-state index in [0.29, 0.717) is 25.3 Å². The Labute approximate surface area is 174 Å². The molecule has 1 N–H and O–H groups in total. The van der Waals surface area contributed by atoms with Crippen molar-refractivity contribution in [2.75, 3.05) is 39.4 Å². The molecule has 2 atom stereocenters. The number of nitrogens with one attached hydrogen (secondary N) is 1. The van der Waals surface area contributed by atoms with Crippen molar-refractivity contribution in [2.24, 2.45) is 5.92 Å². The molecular formula is C22H25N2O4S+. The molecule has 29 heavy (non-hydrogen) atoms. The van der Waals surface area contributed by atoms with Crippen molar-refractivity contribution in [1.82, 2.24) is 4.90 Å². The first-order valence-electron chi connectivity index (χ1n) is 9.96. The molecule has 0 bridgehead atoms. The van der Waals surface area contributed by atoms with Crippen molar-refractivity contribution < 1.29 is 24.0 Å². The number of ketones is 2. The number of hydrogen-bond acceptors (Lipinski definition) is 5. The summed E-state index contributed by atoms with van der Waals surface area (Å²) in [6, 6.07) is 10.5. The van der Waals surface area contributed by atoms with Crippen LogP contribution in [0.25, 0.3) is 0 Å². The zero-order chi connectivity index (χ0) is 20.4. The molecule has 6 nitrogen and oxygen atoms in total. The number of ether oxygens (including phenoxy) is 1. The second kappa shape index (κ2) is 8.57. The summed E-state index contributed by atoms with van der Waals surface area (Å²) in [5, 5.41) is 1.92. The molecule has 2 fully saturated rings. The van der Waals surface area contributed by atoms with Crippen LogP contribution >= 0.6 is 11.3 Å². The van der Waals surface area contributed by atoms with E-state index in [2.05, 4.69) is 0 Å². The molecule has 2 aromatic rings. The molecule has 0 radical (unpaired) electrons. The first-order chi connectivity index (χ1) is 14.1. The number of nitrogens with zero attached hydrogens (tertiary/aromatic N) is 1. The van der Waals surface area contributed by atoms with Gasteiger partial charge in [-0.3, -0.25) is 14.4 Å². The van der Waals surface area contributed by atoms with Gasteiger partial charge in [-0.15, -0.1) is 11.3 Å². The SMILES string of the molecule is Cc1ccc(C(=O)C2C(=O)C(=O)N(CC[NH+]3CCOCC3)C2c2cccs2)cc1. The second-order valence-corrected chi connectivity index (χ2v) is 8.62. The van der Waals surface area contributed by atoms with Crippen molar-refractivity contribution in [1.29, 1.82) is 0 Å². The highest BCUT2D eigenvalue weighted by atomic mass is 32.1. The molecular weight excluding hydrogens is 388 g/mol. The van der Waals surface area contributed by atoms with Crippen LogP contribution in [0.3, 0.4) is 0 Å². The van der Waals surface area contributed by atoms with Gasteiger partial charge in [0.2, 0.25) is 5.78 Å². The van der Waals surface area contributed by atoms with Crippen molar-refractivity contribution in [3.05, 3.63) is 57.8 Å². The quantitative estimate of drug-likeness (QED) is 0.435. The molecule has 1 amide bonds. The minimum absolute atomic E-state index is 0.275. The van der Waals surface area contributed by atoms with Crippen LogP contribution in [-0.4, -0.2) is 61.8 Å². The first kappa shape index (κ1) is 19.9. The number of carbonyl (C=O) groups excluding carboxylic acids is 3. The highest BCUT2D eigenvalue weighted by Crippen LogP contribution is 2.39. The summed E-state index contributed by atoms with van der Waals surface area (Å²) in [6.45, 7) is 6.37. The number of Topliss-reactive ketones (excluding diaryl/α,β-unsaturated/α-hetero) is 2. The maximum absolute atomic E-state index is 13.3. The van der Waals surface area contributed by atoms with Crippen molar-refractivity contribution >= 4 is 28.8 Å². The third kappa shape index (κ3) is 4.03. The van der Waals surface area contributed by atoms with Gasteiger partial charge in [0.05, 0.1) is 32.3 Å². The first-order valence-corrected chi connectivity index (χ1v) is 10.8. The van der Waals surface area contributed by atoms with E-state index in [4.69, 9.17) is 4.74 Å². The van der Waals surface area contributed by atoms with E-state index in [0.717, 1.165) is 30.1 Å². The molecule has 0 aliphatic carbocycles. The fourth-order valence-corrected chi connectivity index (χ4v) is 4.96. The molecule has 152 valence electrons. The second-order valence-electron chi connectivity index (χ2n) is 7.64. The van der Waals surface area contributed by atoms with E-state index in [1.54, 1.807) is 17.0 Å². The Morgan fingerprint density at radius 1 is 1.17 bits per heavy atom. The standard InChI is InChI=1S/C22H24N2O4S/c1-15-4-6-16(7-5-15)20(25)18-19(17-3-2-14-29-17)24(22(27)21(18)26)9-8-23-10-12-28-13-11-23/h2-7,14,18-19H,8-13H2,1H3/p+1. The van der Waals surface area contributed by atoms with Crippen LogP contribution in [-0.2, 0) is 14.3 Å². The van der Waals surface area contributed by atoms with Gasteiger partial charge in [0.15, 0.2) is 5.78 Å². The third-order valence-electron chi connectivity index (χ3n) is 5.77. The highest BCUT2D eigenvalue weighted by Gasteiger charge is 2.52. The summed E-state index contributed by atoms with van der Waals surface area (Å²) in [5.41, 5.74) is 1.52. The maximum Gasteiger partial charge on any atom is 0.291 e. The Morgan fingerprint density at radius 3 is 2.55 bits per heavy atom. The number of hydrogen-bond donors (Lipinski definition) is 1. The van der Waals surface area contributed by atoms with Crippen molar-refractivity contribution in [2.45, 2.75) is 13.0 Å². The predicted molar refractivity (Wildman–Crippen MR) is 109 cm³/mol. The number of likely N-dealkylation sites (tertiary alicyclic amines) is 1. The van der Waals surface area contributed by atoms with Gasteiger partial charge in [-0.2, -0.15) is 0 Å². The lowest BCUT2D eigenvalue weighted by molar-refractivity contribution is -0.907. The van der Waals surface area contributed by atoms with Crippen molar-refractivity contribution in [3.8, 4) is 0 Å². The molecule has 3 heterocycles. The van der Waals surface area contributed by atoms with Crippen LogP contribution in [0.15, 0.2) is 41.8 Å². The normalized spacial score (nSPS) is 23.0. The number of benzene rings is 1. The summed E-state index contributed by atoms with van der Waals surface area (Å²) in [4.78, 5) is 42.9. The number of quaternary nitrogens is 1. The number of amides is 1. The fraction of sp³-hybridized carbons (Fsp3) is 0.409. The fourth-order valence-electron chi connectivity index (χ4n) is 4.09. The lowest BCUT2D eigenvalue weighted by Crippen LogP contribution is -3.14. The van der Waals surface area contributed by atoms with E-state index < -0.39 is 23.7 Å². The summed E-state index contributed by atoms with van der Waals surface area (Å²) >= 11 is 1.48. The number of morpholine rings is 1. The van der Waals surface area contributed by atoms with Gasteiger partial charge in [0, 0.05) is 10.4 Å². The predicted octanol–water partition coefficient (Wildman–Crippen LogP) is 0.923. The largest absolute Gasteiger partial charge is 0.370 e.